The first kappa shape index (κ1) is 16.0. The van der Waals surface area contributed by atoms with Crippen molar-refractivity contribution in [2.24, 2.45) is 0 Å². The van der Waals surface area contributed by atoms with Crippen LogP contribution in [0.2, 0.25) is 0 Å². The van der Waals surface area contributed by atoms with E-state index in [0.717, 1.165) is 24.2 Å². The van der Waals surface area contributed by atoms with E-state index in [9.17, 15) is 4.79 Å². The molecular weight excluding hydrogens is 300 g/mol. The second kappa shape index (κ2) is 7.60. The van der Waals surface area contributed by atoms with Crippen molar-refractivity contribution < 1.29 is 4.79 Å². The highest BCUT2D eigenvalue weighted by Gasteiger charge is 2.16. The van der Waals surface area contributed by atoms with Crippen molar-refractivity contribution in [1.82, 2.24) is 9.88 Å². The molecule has 1 aliphatic rings. The first-order chi connectivity index (χ1) is 11.8. The molecule has 0 unspecified atom stereocenters. The molecule has 2 aromatic rings. The third kappa shape index (κ3) is 3.90. The molecule has 0 atom stereocenters. The maximum Gasteiger partial charge on any atom is 0.322 e. The first-order valence-electron chi connectivity index (χ1n) is 8.21. The average molecular weight is 320 g/mol. The van der Waals surface area contributed by atoms with Crippen molar-refractivity contribution in [3.8, 4) is 6.07 Å². The van der Waals surface area contributed by atoms with E-state index in [1.54, 1.807) is 11.1 Å². The minimum atomic E-state index is -0.200. The number of rotatable bonds is 5. The summed E-state index contributed by atoms with van der Waals surface area (Å²) in [7, 11) is 0. The quantitative estimate of drug-likeness (QED) is 0.916. The number of amides is 2. The molecule has 0 fully saturated rings. The lowest BCUT2D eigenvalue weighted by Gasteiger charge is -2.22. The Morgan fingerprint density at radius 2 is 2.12 bits per heavy atom. The van der Waals surface area contributed by atoms with E-state index in [4.69, 9.17) is 5.26 Å². The Labute approximate surface area is 141 Å². The summed E-state index contributed by atoms with van der Waals surface area (Å²) in [5.74, 6) is 0. The Balaban J connectivity index is 1.70. The molecule has 1 heterocycles. The van der Waals surface area contributed by atoms with Crippen LogP contribution in [0.25, 0.3) is 0 Å². The summed E-state index contributed by atoms with van der Waals surface area (Å²) in [6, 6.07) is 13.6. The molecule has 3 rings (SSSR count). The lowest BCUT2D eigenvalue weighted by molar-refractivity contribution is 0.209. The fourth-order valence-corrected chi connectivity index (χ4v) is 2.98. The van der Waals surface area contributed by atoms with E-state index in [-0.39, 0.29) is 6.03 Å². The maximum absolute atomic E-state index is 12.6. The van der Waals surface area contributed by atoms with Crippen LogP contribution < -0.4 is 5.32 Å². The van der Waals surface area contributed by atoms with Gasteiger partial charge in [-0.3, -0.25) is 4.98 Å². The summed E-state index contributed by atoms with van der Waals surface area (Å²) in [5, 5.41) is 11.8. The van der Waals surface area contributed by atoms with Crippen molar-refractivity contribution in [2.45, 2.75) is 32.2 Å². The number of aromatic nitrogens is 1. The molecule has 0 bridgehead atoms. The smallest absolute Gasteiger partial charge is 0.318 e. The zero-order valence-electron chi connectivity index (χ0n) is 13.5. The number of nitriles is 1. The molecule has 0 saturated carbocycles. The lowest BCUT2D eigenvalue weighted by atomic mass is 10.1. The summed E-state index contributed by atoms with van der Waals surface area (Å²) in [6.45, 7) is 0.767. The number of carbonyl (C=O) groups excluding carboxylic acids is 1. The normalized spacial score (nSPS) is 12.3. The first-order valence-corrected chi connectivity index (χ1v) is 8.21. The zero-order valence-corrected chi connectivity index (χ0v) is 13.5. The predicted octanol–water partition coefficient (Wildman–Crippen LogP) is 3.52. The van der Waals surface area contributed by atoms with Gasteiger partial charge in [0.2, 0.25) is 0 Å². The molecule has 5 nitrogen and oxygen atoms in total. The Kier molecular flexibility index (Phi) is 5.07. The number of nitrogens with zero attached hydrogens (tertiary/aromatic N) is 3. The van der Waals surface area contributed by atoms with Crippen LogP contribution in [0.5, 0.6) is 0 Å². The summed E-state index contributed by atoms with van der Waals surface area (Å²) in [6.07, 6.45) is 5.38. The van der Waals surface area contributed by atoms with E-state index in [0.29, 0.717) is 19.5 Å². The summed E-state index contributed by atoms with van der Waals surface area (Å²) >= 11 is 0. The molecule has 0 radical (unpaired) electrons. The van der Waals surface area contributed by atoms with Crippen molar-refractivity contribution >= 4 is 11.7 Å². The SMILES string of the molecule is N#CCCN(Cc1ccccn1)C(=O)Nc1ccc2c(c1)CCC2. The van der Waals surface area contributed by atoms with Crippen LogP contribution in [0.1, 0.15) is 29.7 Å². The highest BCUT2D eigenvalue weighted by Crippen LogP contribution is 2.25. The van der Waals surface area contributed by atoms with Crippen LogP contribution >= 0.6 is 0 Å². The molecule has 1 aromatic heterocycles. The van der Waals surface area contributed by atoms with Gasteiger partial charge in [-0.2, -0.15) is 5.26 Å². The van der Waals surface area contributed by atoms with Gasteiger partial charge in [0.25, 0.3) is 0 Å². The molecule has 0 saturated heterocycles. The topological polar surface area (TPSA) is 69.0 Å². The minimum absolute atomic E-state index is 0.200. The van der Waals surface area contributed by atoms with Gasteiger partial charge in [0.15, 0.2) is 0 Å². The Morgan fingerprint density at radius 3 is 2.92 bits per heavy atom. The molecule has 122 valence electrons. The average Bonchev–Trinajstić information content (AvgIpc) is 3.07. The lowest BCUT2D eigenvalue weighted by Crippen LogP contribution is -2.35. The molecule has 1 N–H and O–H groups in total. The van der Waals surface area contributed by atoms with E-state index >= 15 is 0 Å². The van der Waals surface area contributed by atoms with Gasteiger partial charge in [-0.1, -0.05) is 12.1 Å². The van der Waals surface area contributed by atoms with Gasteiger partial charge in [0.1, 0.15) is 0 Å². The third-order valence-corrected chi connectivity index (χ3v) is 4.21. The molecule has 1 aromatic carbocycles. The molecular formula is C19H20N4O. The maximum atomic E-state index is 12.6. The molecule has 0 aliphatic heterocycles. The van der Waals surface area contributed by atoms with Crippen molar-refractivity contribution in [2.75, 3.05) is 11.9 Å². The number of hydrogen-bond acceptors (Lipinski definition) is 3. The molecule has 1 aliphatic carbocycles. The largest absolute Gasteiger partial charge is 0.322 e. The predicted molar refractivity (Wildman–Crippen MR) is 92.4 cm³/mol. The van der Waals surface area contributed by atoms with Crippen LogP contribution in [-0.2, 0) is 19.4 Å². The molecule has 24 heavy (non-hydrogen) atoms. The van der Waals surface area contributed by atoms with Crippen molar-refractivity contribution in [3.05, 3.63) is 59.4 Å². The number of pyridine rings is 1. The second-order valence-corrected chi connectivity index (χ2v) is 5.92. The number of fused-ring (bicyclic) bond motifs is 1. The fraction of sp³-hybridized carbons (Fsp3) is 0.316. The second-order valence-electron chi connectivity index (χ2n) is 5.92. The highest BCUT2D eigenvalue weighted by molar-refractivity contribution is 5.89. The Morgan fingerprint density at radius 1 is 1.25 bits per heavy atom. The molecule has 5 heteroatoms. The van der Waals surface area contributed by atoms with Crippen LogP contribution in [0.4, 0.5) is 10.5 Å². The van der Waals surface area contributed by atoms with Crippen molar-refractivity contribution in [1.29, 1.82) is 5.26 Å². The number of benzene rings is 1. The van der Waals surface area contributed by atoms with Crippen LogP contribution in [-0.4, -0.2) is 22.5 Å². The Bertz CT molecular complexity index is 752. The Hall–Kier alpha value is -2.87. The number of aryl methyl sites for hydroxylation is 2. The zero-order chi connectivity index (χ0) is 16.8. The van der Waals surface area contributed by atoms with E-state index < -0.39 is 0 Å². The van der Waals surface area contributed by atoms with E-state index in [2.05, 4.69) is 28.5 Å². The van der Waals surface area contributed by atoms with Crippen LogP contribution in [0.15, 0.2) is 42.6 Å². The van der Waals surface area contributed by atoms with Gasteiger partial charge < -0.3 is 10.2 Å². The molecule has 0 spiro atoms. The van der Waals surface area contributed by atoms with Gasteiger partial charge in [0, 0.05) is 18.4 Å². The van der Waals surface area contributed by atoms with E-state index in [1.165, 1.54) is 17.5 Å². The molecule has 2 amide bonds. The summed E-state index contributed by atoms with van der Waals surface area (Å²) in [5.41, 5.74) is 4.31. The number of hydrogen-bond donors (Lipinski definition) is 1. The van der Waals surface area contributed by atoms with Crippen LogP contribution in [0, 0.1) is 11.3 Å². The van der Waals surface area contributed by atoms with Gasteiger partial charge >= 0.3 is 6.03 Å². The number of nitrogens with one attached hydrogen (secondary N) is 1. The minimum Gasteiger partial charge on any atom is -0.318 e. The number of anilines is 1. The monoisotopic (exact) mass is 320 g/mol. The number of urea groups is 1. The van der Waals surface area contributed by atoms with Crippen molar-refractivity contribution in [3.63, 3.8) is 0 Å². The third-order valence-electron chi connectivity index (χ3n) is 4.21. The fourth-order valence-electron chi connectivity index (χ4n) is 2.98. The van der Waals surface area contributed by atoms with Crippen LogP contribution in [0.3, 0.4) is 0 Å². The standard InChI is InChI=1S/C19H20N4O/c20-10-4-12-23(14-18-7-1-2-11-21-18)19(24)22-17-9-8-15-5-3-6-16(15)13-17/h1-2,7-9,11,13H,3-6,12,14H2,(H,22,24). The summed E-state index contributed by atoms with van der Waals surface area (Å²) in [4.78, 5) is 18.5. The van der Waals surface area contributed by atoms with Gasteiger partial charge in [-0.15, -0.1) is 0 Å². The number of carbonyl (C=O) groups is 1. The van der Waals surface area contributed by atoms with Gasteiger partial charge in [-0.05, 0) is 54.7 Å². The van der Waals surface area contributed by atoms with E-state index in [1.807, 2.05) is 24.3 Å². The summed E-state index contributed by atoms with van der Waals surface area (Å²) < 4.78 is 0. The van der Waals surface area contributed by atoms with Gasteiger partial charge in [0.05, 0.1) is 24.7 Å². The van der Waals surface area contributed by atoms with Gasteiger partial charge in [-0.25, -0.2) is 4.79 Å². The highest BCUT2D eigenvalue weighted by atomic mass is 16.2.